The number of halogens is 1. The molecule has 0 saturated carbocycles. The van der Waals surface area contributed by atoms with Crippen molar-refractivity contribution in [1.29, 1.82) is 0 Å². The van der Waals surface area contributed by atoms with Gasteiger partial charge in [0.2, 0.25) is 0 Å². The highest BCUT2D eigenvalue weighted by atomic mass is 19.1. The predicted octanol–water partition coefficient (Wildman–Crippen LogP) is 3.38. The van der Waals surface area contributed by atoms with E-state index in [1.54, 1.807) is 6.07 Å². The summed E-state index contributed by atoms with van der Waals surface area (Å²) in [7, 11) is 0. The van der Waals surface area contributed by atoms with E-state index in [9.17, 15) is 4.39 Å². The summed E-state index contributed by atoms with van der Waals surface area (Å²) in [6.07, 6.45) is 6.33. The lowest BCUT2D eigenvalue weighted by Crippen LogP contribution is -2.29. The standard InChI is InChI=1S/C17H28FN3/c1-3-5-14-8-10-21(13-14)11-9-17(19-4-2)16-7-6-15(18)12-20-16/h6-7,12,14,17,19H,3-5,8-11,13H2,1-2H3. The quantitative estimate of drug-likeness (QED) is 0.796. The molecule has 0 bridgehead atoms. The molecule has 0 aliphatic carbocycles. The van der Waals surface area contributed by atoms with Crippen LogP contribution in [-0.4, -0.2) is 36.1 Å². The molecule has 1 aromatic rings. The second kappa shape index (κ2) is 8.44. The third-order valence-electron chi connectivity index (χ3n) is 4.36. The molecular weight excluding hydrogens is 265 g/mol. The summed E-state index contributed by atoms with van der Waals surface area (Å²) in [5.74, 6) is 0.618. The highest BCUT2D eigenvalue weighted by Crippen LogP contribution is 2.22. The second-order valence-corrected chi connectivity index (χ2v) is 6.04. The zero-order valence-corrected chi connectivity index (χ0v) is 13.3. The van der Waals surface area contributed by atoms with Gasteiger partial charge in [0.1, 0.15) is 5.82 Å². The Morgan fingerprint density at radius 3 is 2.95 bits per heavy atom. The van der Waals surface area contributed by atoms with Gasteiger partial charge in [0.25, 0.3) is 0 Å². The Bertz CT molecular complexity index is 407. The van der Waals surface area contributed by atoms with Crippen LogP contribution >= 0.6 is 0 Å². The fraction of sp³-hybridized carbons (Fsp3) is 0.706. The molecule has 4 heteroatoms. The van der Waals surface area contributed by atoms with Gasteiger partial charge in [-0.1, -0.05) is 20.3 Å². The van der Waals surface area contributed by atoms with Crippen molar-refractivity contribution in [3.8, 4) is 0 Å². The van der Waals surface area contributed by atoms with Crippen molar-refractivity contribution in [3.63, 3.8) is 0 Å². The molecule has 2 heterocycles. The van der Waals surface area contributed by atoms with Crippen molar-refractivity contribution in [2.75, 3.05) is 26.2 Å². The van der Waals surface area contributed by atoms with Gasteiger partial charge < -0.3 is 10.2 Å². The molecule has 118 valence electrons. The number of pyridine rings is 1. The highest BCUT2D eigenvalue weighted by Gasteiger charge is 2.22. The largest absolute Gasteiger partial charge is 0.309 e. The van der Waals surface area contributed by atoms with Crippen LogP contribution in [0.25, 0.3) is 0 Å². The molecule has 1 N–H and O–H groups in total. The van der Waals surface area contributed by atoms with Crippen molar-refractivity contribution in [2.45, 2.75) is 45.6 Å². The molecule has 1 aliphatic heterocycles. The Morgan fingerprint density at radius 1 is 1.43 bits per heavy atom. The lowest BCUT2D eigenvalue weighted by molar-refractivity contribution is 0.296. The van der Waals surface area contributed by atoms with Crippen LogP contribution in [0, 0.1) is 11.7 Å². The minimum atomic E-state index is -0.268. The van der Waals surface area contributed by atoms with Gasteiger partial charge in [0.05, 0.1) is 17.9 Å². The third kappa shape index (κ3) is 5.04. The topological polar surface area (TPSA) is 28.2 Å². The zero-order chi connectivity index (χ0) is 15.1. The second-order valence-electron chi connectivity index (χ2n) is 6.04. The predicted molar refractivity (Wildman–Crippen MR) is 84.7 cm³/mol. The monoisotopic (exact) mass is 293 g/mol. The van der Waals surface area contributed by atoms with Gasteiger partial charge >= 0.3 is 0 Å². The van der Waals surface area contributed by atoms with Crippen molar-refractivity contribution in [1.82, 2.24) is 15.2 Å². The molecule has 2 atom stereocenters. The summed E-state index contributed by atoms with van der Waals surface area (Å²) in [5.41, 5.74) is 0.947. The average Bonchev–Trinajstić information content (AvgIpc) is 2.93. The van der Waals surface area contributed by atoms with Crippen LogP contribution in [0.3, 0.4) is 0 Å². The lowest BCUT2D eigenvalue weighted by Gasteiger charge is -2.22. The summed E-state index contributed by atoms with van der Waals surface area (Å²) in [5, 5.41) is 3.47. The van der Waals surface area contributed by atoms with E-state index in [0.717, 1.165) is 31.1 Å². The number of rotatable bonds is 8. The fourth-order valence-electron chi connectivity index (χ4n) is 3.27. The van der Waals surface area contributed by atoms with E-state index in [4.69, 9.17) is 0 Å². The van der Waals surface area contributed by atoms with Gasteiger partial charge in [-0.2, -0.15) is 0 Å². The molecule has 3 nitrogen and oxygen atoms in total. The Morgan fingerprint density at radius 2 is 2.29 bits per heavy atom. The van der Waals surface area contributed by atoms with Gasteiger partial charge in [0, 0.05) is 13.1 Å². The molecule has 2 rings (SSSR count). The normalized spacial score (nSPS) is 20.8. The maximum absolute atomic E-state index is 13.0. The Labute approximate surface area is 127 Å². The number of hydrogen-bond acceptors (Lipinski definition) is 3. The Hall–Kier alpha value is -1.00. The smallest absolute Gasteiger partial charge is 0.141 e. The molecule has 1 aliphatic rings. The van der Waals surface area contributed by atoms with E-state index in [1.807, 2.05) is 0 Å². The third-order valence-corrected chi connectivity index (χ3v) is 4.36. The summed E-state index contributed by atoms with van der Waals surface area (Å²) >= 11 is 0. The first-order valence-corrected chi connectivity index (χ1v) is 8.30. The van der Waals surface area contributed by atoms with E-state index in [2.05, 4.69) is 29.0 Å². The summed E-state index contributed by atoms with van der Waals surface area (Å²) in [6, 6.07) is 3.52. The molecule has 0 amide bonds. The van der Waals surface area contributed by atoms with E-state index in [1.165, 1.54) is 44.6 Å². The first-order valence-electron chi connectivity index (χ1n) is 8.30. The fourth-order valence-corrected chi connectivity index (χ4v) is 3.27. The highest BCUT2D eigenvalue weighted by molar-refractivity contribution is 5.10. The maximum Gasteiger partial charge on any atom is 0.141 e. The molecular formula is C17H28FN3. The molecule has 0 radical (unpaired) electrons. The average molecular weight is 293 g/mol. The van der Waals surface area contributed by atoms with Crippen LogP contribution in [0.4, 0.5) is 4.39 Å². The van der Waals surface area contributed by atoms with Gasteiger partial charge in [-0.15, -0.1) is 0 Å². The SMILES string of the molecule is CCCC1CCN(CCC(NCC)c2ccc(F)cn2)C1. The Balaban J connectivity index is 1.84. The van der Waals surface area contributed by atoms with E-state index >= 15 is 0 Å². The van der Waals surface area contributed by atoms with Gasteiger partial charge in [-0.3, -0.25) is 4.98 Å². The van der Waals surface area contributed by atoms with E-state index in [-0.39, 0.29) is 11.9 Å². The van der Waals surface area contributed by atoms with Crippen LogP contribution in [0.5, 0.6) is 0 Å². The summed E-state index contributed by atoms with van der Waals surface area (Å²) < 4.78 is 13.0. The molecule has 21 heavy (non-hydrogen) atoms. The zero-order valence-electron chi connectivity index (χ0n) is 13.3. The van der Waals surface area contributed by atoms with Crippen LogP contribution in [0.1, 0.15) is 51.3 Å². The molecule has 1 fully saturated rings. The van der Waals surface area contributed by atoms with Gasteiger partial charge in [0.15, 0.2) is 0 Å². The van der Waals surface area contributed by atoms with Gasteiger partial charge in [-0.25, -0.2) is 4.39 Å². The number of likely N-dealkylation sites (tertiary alicyclic amines) is 1. The molecule has 1 aromatic heterocycles. The van der Waals surface area contributed by atoms with Crippen LogP contribution in [0.15, 0.2) is 18.3 Å². The van der Waals surface area contributed by atoms with Crippen molar-refractivity contribution >= 4 is 0 Å². The minimum absolute atomic E-state index is 0.223. The minimum Gasteiger partial charge on any atom is -0.309 e. The van der Waals surface area contributed by atoms with Gasteiger partial charge in [-0.05, 0) is 50.4 Å². The van der Waals surface area contributed by atoms with Crippen LogP contribution in [0.2, 0.25) is 0 Å². The first-order chi connectivity index (χ1) is 10.2. The maximum atomic E-state index is 13.0. The molecule has 1 saturated heterocycles. The number of aromatic nitrogens is 1. The first kappa shape index (κ1) is 16.4. The van der Waals surface area contributed by atoms with Crippen molar-refractivity contribution in [2.24, 2.45) is 5.92 Å². The van der Waals surface area contributed by atoms with Crippen LogP contribution < -0.4 is 5.32 Å². The molecule has 0 aromatic carbocycles. The number of nitrogens with one attached hydrogen (secondary N) is 1. The summed E-state index contributed by atoms with van der Waals surface area (Å²) in [4.78, 5) is 6.79. The van der Waals surface area contributed by atoms with Crippen molar-refractivity contribution in [3.05, 3.63) is 29.8 Å². The molecule has 2 unspecified atom stereocenters. The van der Waals surface area contributed by atoms with Crippen LogP contribution in [-0.2, 0) is 0 Å². The number of hydrogen-bond donors (Lipinski definition) is 1. The van der Waals surface area contributed by atoms with Crippen molar-refractivity contribution < 1.29 is 4.39 Å². The van der Waals surface area contributed by atoms with E-state index < -0.39 is 0 Å². The molecule has 0 spiro atoms. The number of nitrogens with zero attached hydrogens (tertiary/aromatic N) is 2. The summed E-state index contributed by atoms with van der Waals surface area (Å²) in [6.45, 7) is 8.83. The lowest BCUT2D eigenvalue weighted by atomic mass is 10.0. The Kier molecular flexibility index (Phi) is 6.58. The van der Waals surface area contributed by atoms with E-state index in [0.29, 0.717) is 0 Å².